The Labute approximate surface area is 124 Å². The number of aliphatic hydroxyl groups is 1. The van der Waals surface area contributed by atoms with E-state index in [4.69, 9.17) is 9.84 Å². The van der Waals surface area contributed by atoms with E-state index in [-0.39, 0.29) is 18.8 Å². The molecule has 1 rings (SSSR count). The summed E-state index contributed by atoms with van der Waals surface area (Å²) in [6.45, 7) is 2.70. The van der Waals surface area contributed by atoms with Crippen LogP contribution in [-0.2, 0) is 0 Å². The number of carbonyl (C=O) groups excluding carboxylic acids is 1. The number of anilines is 1. The fraction of sp³-hybridized carbons (Fsp3) is 0.533. The van der Waals surface area contributed by atoms with Gasteiger partial charge in [0, 0.05) is 19.2 Å². The smallest absolute Gasteiger partial charge is 0.322 e. The Morgan fingerprint density at radius 3 is 2.76 bits per heavy atom. The fourth-order valence-corrected chi connectivity index (χ4v) is 1.91. The first-order valence-corrected chi connectivity index (χ1v) is 7.12. The zero-order valence-electron chi connectivity index (χ0n) is 12.6. The van der Waals surface area contributed by atoms with Crippen LogP contribution < -0.4 is 10.1 Å². The molecule has 0 aromatic heterocycles. The van der Waals surface area contributed by atoms with Crippen LogP contribution in [0.15, 0.2) is 18.2 Å². The van der Waals surface area contributed by atoms with Crippen molar-refractivity contribution in [3.63, 3.8) is 0 Å². The number of benzene rings is 1. The molecule has 118 valence electrons. The maximum Gasteiger partial charge on any atom is 0.322 e. The largest absolute Gasteiger partial charge is 0.497 e. The monoisotopic (exact) mass is 298 g/mol. The van der Waals surface area contributed by atoms with Gasteiger partial charge >= 0.3 is 6.03 Å². The number of rotatable bonds is 8. The molecule has 1 aromatic rings. The third-order valence-corrected chi connectivity index (χ3v) is 3.10. The Morgan fingerprint density at radius 2 is 2.14 bits per heavy atom. The molecule has 5 nitrogen and oxygen atoms in total. The van der Waals surface area contributed by atoms with Crippen molar-refractivity contribution in [2.24, 2.45) is 0 Å². The van der Waals surface area contributed by atoms with Crippen LogP contribution in [0.1, 0.15) is 26.2 Å². The van der Waals surface area contributed by atoms with E-state index in [9.17, 15) is 9.18 Å². The lowest BCUT2D eigenvalue weighted by Gasteiger charge is -2.22. The number of nitrogens with one attached hydrogen (secondary N) is 1. The molecule has 0 aliphatic rings. The Balaban J connectivity index is 2.71. The summed E-state index contributed by atoms with van der Waals surface area (Å²) in [4.78, 5) is 13.6. The topological polar surface area (TPSA) is 61.8 Å². The Kier molecular flexibility index (Phi) is 7.53. The van der Waals surface area contributed by atoms with Gasteiger partial charge in [-0.1, -0.05) is 19.8 Å². The van der Waals surface area contributed by atoms with E-state index < -0.39 is 11.8 Å². The van der Waals surface area contributed by atoms with Crippen molar-refractivity contribution >= 4 is 11.7 Å². The molecule has 0 heterocycles. The van der Waals surface area contributed by atoms with Crippen LogP contribution in [0.25, 0.3) is 0 Å². The highest BCUT2D eigenvalue weighted by Gasteiger charge is 2.15. The first-order chi connectivity index (χ1) is 10.1. The molecule has 0 aliphatic heterocycles. The first kappa shape index (κ1) is 17.2. The van der Waals surface area contributed by atoms with Crippen molar-refractivity contribution < 1.29 is 19.0 Å². The molecule has 6 heteroatoms. The maximum atomic E-state index is 13.7. The van der Waals surface area contributed by atoms with Crippen molar-refractivity contribution in [3.05, 3.63) is 24.0 Å². The number of hydrogen-bond acceptors (Lipinski definition) is 3. The Hall–Kier alpha value is -1.82. The standard InChI is InChI=1S/C15H23FN2O3/c1-3-4-5-8-18(9-10-19)15(20)17-14-11-12(21-2)6-7-13(14)16/h6-7,11,19H,3-5,8-10H2,1-2H3,(H,17,20). The van der Waals surface area contributed by atoms with Gasteiger partial charge in [0.1, 0.15) is 11.6 Å². The molecule has 0 bridgehead atoms. The minimum absolute atomic E-state index is 0.0674. The Bertz CT molecular complexity index is 455. The number of aliphatic hydroxyl groups excluding tert-OH is 1. The van der Waals surface area contributed by atoms with Gasteiger partial charge in [0.2, 0.25) is 0 Å². The summed E-state index contributed by atoms with van der Waals surface area (Å²) in [5.74, 6) is -0.0620. The SMILES string of the molecule is CCCCCN(CCO)C(=O)Nc1cc(OC)ccc1F. The minimum Gasteiger partial charge on any atom is -0.497 e. The van der Waals surface area contributed by atoms with Crippen LogP contribution in [0.3, 0.4) is 0 Å². The zero-order chi connectivity index (χ0) is 15.7. The maximum absolute atomic E-state index is 13.7. The fourth-order valence-electron chi connectivity index (χ4n) is 1.91. The molecule has 0 saturated heterocycles. The van der Waals surface area contributed by atoms with E-state index in [0.717, 1.165) is 19.3 Å². The number of amides is 2. The Morgan fingerprint density at radius 1 is 1.38 bits per heavy atom. The zero-order valence-corrected chi connectivity index (χ0v) is 12.6. The molecule has 2 amide bonds. The van der Waals surface area contributed by atoms with Crippen LogP contribution in [0, 0.1) is 5.82 Å². The highest BCUT2D eigenvalue weighted by molar-refractivity contribution is 5.89. The number of urea groups is 1. The molecule has 0 spiro atoms. The van der Waals surface area contributed by atoms with Crippen LogP contribution in [0.2, 0.25) is 0 Å². The lowest BCUT2D eigenvalue weighted by atomic mass is 10.2. The second kappa shape index (κ2) is 9.18. The van der Waals surface area contributed by atoms with E-state index in [1.165, 1.54) is 30.2 Å². The number of methoxy groups -OCH3 is 1. The van der Waals surface area contributed by atoms with Gasteiger partial charge in [0.25, 0.3) is 0 Å². The van der Waals surface area contributed by atoms with Gasteiger partial charge in [-0.3, -0.25) is 0 Å². The molecule has 0 radical (unpaired) electrons. The van der Waals surface area contributed by atoms with Gasteiger partial charge in [-0.2, -0.15) is 0 Å². The molecule has 0 fully saturated rings. The molecular weight excluding hydrogens is 275 g/mol. The third-order valence-electron chi connectivity index (χ3n) is 3.10. The molecule has 2 N–H and O–H groups in total. The van der Waals surface area contributed by atoms with Gasteiger partial charge in [-0.05, 0) is 18.6 Å². The van der Waals surface area contributed by atoms with Gasteiger partial charge in [-0.15, -0.1) is 0 Å². The van der Waals surface area contributed by atoms with Crippen LogP contribution in [0.5, 0.6) is 5.75 Å². The lowest BCUT2D eigenvalue weighted by molar-refractivity contribution is 0.187. The number of nitrogens with zero attached hydrogens (tertiary/aromatic N) is 1. The van der Waals surface area contributed by atoms with E-state index >= 15 is 0 Å². The van der Waals surface area contributed by atoms with Crippen LogP contribution in [0.4, 0.5) is 14.9 Å². The van der Waals surface area contributed by atoms with Crippen molar-refractivity contribution in [2.45, 2.75) is 26.2 Å². The lowest BCUT2D eigenvalue weighted by Crippen LogP contribution is -2.38. The highest BCUT2D eigenvalue weighted by atomic mass is 19.1. The van der Waals surface area contributed by atoms with Gasteiger partial charge in [-0.25, -0.2) is 9.18 Å². The summed E-state index contributed by atoms with van der Waals surface area (Å²) in [5, 5.41) is 11.5. The van der Waals surface area contributed by atoms with Gasteiger partial charge < -0.3 is 20.1 Å². The molecule has 0 saturated carbocycles. The predicted octanol–water partition coefficient (Wildman–Crippen LogP) is 2.85. The molecule has 0 unspecified atom stereocenters. The summed E-state index contributed by atoms with van der Waals surface area (Å²) in [5.41, 5.74) is 0.0674. The average molecular weight is 298 g/mol. The summed E-state index contributed by atoms with van der Waals surface area (Å²) < 4.78 is 18.7. The third kappa shape index (κ3) is 5.59. The van der Waals surface area contributed by atoms with Crippen molar-refractivity contribution in [2.75, 3.05) is 32.1 Å². The van der Waals surface area contributed by atoms with Gasteiger partial charge in [0.05, 0.1) is 19.4 Å². The van der Waals surface area contributed by atoms with Crippen LogP contribution >= 0.6 is 0 Å². The minimum atomic E-state index is -0.526. The van der Waals surface area contributed by atoms with Crippen LogP contribution in [-0.4, -0.2) is 42.8 Å². The molecule has 1 aromatic carbocycles. The molecule has 0 aliphatic carbocycles. The number of carbonyl (C=O) groups is 1. The average Bonchev–Trinajstić information content (AvgIpc) is 2.48. The number of hydrogen-bond donors (Lipinski definition) is 2. The quantitative estimate of drug-likeness (QED) is 0.725. The second-order valence-corrected chi connectivity index (χ2v) is 4.69. The number of halogens is 1. The van der Waals surface area contributed by atoms with E-state index in [2.05, 4.69) is 12.2 Å². The predicted molar refractivity (Wildman–Crippen MR) is 80.2 cm³/mol. The normalized spacial score (nSPS) is 10.3. The van der Waals surface area contributed by atoms with E-state index in [1.54, 1.807) is 0 Å². The first-order valence-electron chi connectivity index (χ1n) is 7.12. The van der Waals surface area contributed by atoms with E-state index in [1.807, 2.05) is 0 Å². The number of unbranched alkanes of at least 4 members (excludes halogenated alkanes) is 2. The summed E-state index contributed by atoms with van der Waals surface area (Å²) in [7, 11) is 1.47. The van der Waals surface area contributed by atoms with Crippen molar-refractivity contribution in [3.8, 4) is 5.75 Å². The molecule has 0 atom stereocenters. The number of ether oxygens (including phenoxy) is 1. The highest BCUT2D eigenvalue weighted by Crippen LogP contribution is 2.21. The van der Waals surface area contributed by atoms with Crippen molar-refractivity contribution in [1.82, 2.24) is 4.90 Å². The molecule has 21 heavy (non-hydrogen) atoms. The van der Waals surface area contributed by atoms with E-state index in [0.29, 0.717) is 12.3 Å². The summed E-state index contributed by atoms with van der Waals surface area (Å²) in [6, 6.07) is 3.73. The summed E-state index contributed by atoms with van der Waals surface area (Å²) >= 11 is 0. The second-order valence-electron chi connectivity index (χ2n) is 4.69. The molecular formula is C15H23FN2O3. The van der Waals surface area contributed by atoms with Gasteiger partial charge in [0.15, 0.2) is 0 Å². The van der Waals surface area contributed by atoms with Crippen molar-refractivity contribution in [1.29, 1.82) is 0 Å². The summed E-state index contributed by atoms with van der Waals surface area (Å²) in [6.07, 6.45) is 2.90.